The smallest absolute Gasteiger partial charge is 0.254 e. The first kappa shape index (κ1) is 14.9. The van der Waals surface area contributed by atoms with Crippen molar-refractivity contribution in [3.63, 3.8) is 0 Å². The first-order chi connectivity index (χ1) is 8.06. The van der Waals surface area contributed by atoms with Crippen molar-refractivity contribution < 1.29 is 9.18 Å². The molecule has 5 heteroatoms. The van der Waals surface area contributed by atoms with Crippen molar-refractivity contribution in [2.45, 2.75) is 19.9 Å². The highest BCUT2D eigenvalue weighted by atomic mass is 35.5. The fourth-order valence-corrected chi connectivity index (χ4v) is 2.16. The summed E-state index contributed by atoms with van der Waals surface area (Å²) in [5.41, 5.74) is 1.22. The van der Waals surface area contributed by atoms with Crippen molar-refractivity contribution >= 4 is 18.3 Å². The van der Waals surface area contributed by atoms with Gasteiger partial charge in [0.15, 0.2) is 0 Å². The SMILES string of the molecule is Cc1cc(F)cc(C(=O)N2CCNC(C)C2)c1.Cl. The molecule has 0 radical (unpaired) electrons. The van der Waals surface area contributed by atoms with Gasteiger partial charge in [0.05, 0.1) is 0 Å². The number of hydrogen-bond donors (Lipinski definition) is 1. The van der Waals surface area contributed by atoms with E-state index in [4.69, 9.17) is 0 Å². The minimum Gasteiger partial charge on any atom is -0.336 e. The first-order valence-corrected chi connectivity index (χ1v) is 5.86. The molecule has 1 amide bonds. The quantitative estimate of drug-likeness (QED) is 0.848. The van der Waals surface area contributed by atoms with Crippen LogP contribution in [-0.4, -0.2) is 36.5 Å². The molecule has 1 aromatic rings. The highest BCUT2D eigenvalue weighted by Crippen LogP contribution is 2.12. The van der Waals surface area contributed by atoms with Crippen molar-refractivity contribution in [2.24, 2.45) is 0 Å². The van der Waals surface area contributed by atoms with Crippen molar-refractivity contribution in [3.05, 3.63) is 35.1 Å². The van der Waals surface area contributed by atoms with E-state index in [1.54, 1.807) is 17.9 Å². The molecule has 100 valence electrons. The van der Waals surface area contributed by atoms with Crippen LogP contribution in [-0.2, 0) is 0 Å². The molecular weight excluding hydrogens is 255 g/mol. The van der Waals surface area contributed by atoms with Gasteiger partial charge in [0.25, 0.3) is 5.91 Å². The Morgan fingerprint density at radius 1 is 1.44 bits per heavy atom. The summed E-state index contributed by atoms with van der Waals surface area (Å²) in [7, 11) is 0. The Kier molecular flexibility index (Phi) is 5.11. The van der Waals surface area contributed by atoms with E-state index in [2.05, 4.69) is 5.32 Å². The lowest BCUT2D eigenvalue weighted by atomic mass is 10.1. The maximum absolute atomic E-state index is 13.2. The lowest BCUT2D eigenvalue weighted by Gasteiger charge is -2.32. The zero-order valence-corrected chi connectivity index (χ0v) is 11.4. The van der Waals surface area contributed by atoms with Gasteiger partial charge in [0, 0.05) is 31.2 Å². The van der Waals surface area contributed by atoms with Crippen LogP contribution in [0.4, 0.5) is 4.39 Å². The Balaban J connectivity index is 0.00000162. The Morgan fingerprint density at radius 2 is 2.17 bits per heavy atom. The number of halogens is 2. The Labute approximate surface area is 113 Å². The van der Waals surface area contributed by atoms with Crippen LogP contribution in [0.15, 0.2) is 18.2 Å². The van der Waals surface area contributed by atoms with Crippen LogP contribution < -0.4 is 5.32 Å². The zero-order valence-electron chi connectivity index (χ0n) is 10.6. The molecule has 0 aromatic heterocycles. The van der Waals surface area contributed by atoms with Crippen LogP contribution in [0.5, 0.6) is 0 Å². The summed E-state index contributed by atoms with van der Waals surface area (Å²) in [5, 5.41) is 3.27. The number of carbonyl (C=O) groups excluding carboxylic acids is 1. The maximum Gasteiger partial charge on any atom is 0.254 e. The number of benzene rings is 1. The van der Waals surface area contributed by atoms with Crippen molar-refractivity contribution in [3.8, 4) is 0 Å². The molecule has 1 aromatic carbocycles. The van der Waals surface area contributed by atoms with E-state index >= 15 is 0 Å². The number of hydrogen-bond acceptors (Lipinski definition) is 2. The van der Waals surface area contributed by atoms with Gasteiger partial charge >= 0.3 is 0 Å². The number of carbonyl (C=O) groups is 1. The first-order valence-electron chi connectivity index (χ1n) is 5.86. The lowest BCUT2D eigenvalue weighted by Crippen LogP contribution is -2.51. The van der Waals surface area contributed by atoms with Crippen LogP contribution in [0.3, 0.4) is 0 Å². The number of amides is 1. The molecule has 1 aliphatic heterocycles. The molecule has 1 fully saturated rings. The normalized spacial score (nSPS) is 19.3. The summed E-state index contributed by atoms with van der Waals surface area (Å²) in [6.45, 7) is 5.98. The predicted molar refractivity (Wildman–Crippen MR) is 71.8 cm³/mol. The molecule has 1 aliphatic rings. The second-order valence-electron chi connectivity index (χ2n) is 4.62. The van der Waals surface area contributed by atoms with Gasteiger partial charge in [-0.2, -0.15) is 0 Å². The molecule has 2 rings (SSSR count). The summed E-state index contributed by atoms with van der Waals surface area (Å²) < 4.78 is 13.2. The van der Waals surface area contributed by atoms with Crippen LogP contribution in [0.2, 0.25) is 0 Å². The molecule has 1 N–H and O–H groups in total. The monoisotopic (exact) mass is 272 g/mol. The summed E-state index contributed by atoms with van der Waals surface area (Å²) in [6, 6.07) is 4.76. The Morgan fingerprint density at radius 3 is 2.78 bits per heavy atom. The van der Waals surface area contributed by atoms with Gasteiger partial charge in [0.2, 0.25) is 0 Å². The number of piperazine rings is 1. The molecule has 1 atom stereocenters. The van der Waals surface area contributed by atoms with Gasteiger partial charge in [-0.3, -0.25) is 4.79 Å². The number of rotatable bonds is 1. The summed E-state index contributed by atoms with van der Waals surface area (Å²) in [6.07, 6.45) is 0. The highest BCUT2D eigenvalue weighted by molar-refractivity contribution is 5.94. The Hall–Kier alpha value is -1.13. The highest BCUT2D eigenvalue weighted by Gasteiger charge is 2.21. The van der Waals surface area contributed by atoms with E-state index in [1.807, 2.05) is 6.92 Å². The molecule has 0 bridgehead atoms. The van der Waals surface area contributed by atoms with Crippen molar-refractivity contribution in [1.29, 1.82) is 0 Å². The molecule has 0 aliphatic carbocycles. The summed E-state index contributed by atoms with van der Waals surface area (Å²) in [4.78, 5) is 14.0. The average molecular weight is 273 g/mol. The third-order valence-corrected chi connectivity index (χ3v) is 2.95. The van der Waals surface area contributed by atoms with Crippen LogP contribution in [0.25, 0.3) is 0 Å². The van der Waals surface area contributed by atoms with Crippen LogP contribution in [0, 0.1) is 12.7 Å². The second kappa shape index (κ2) is 6.16. The number of nitrogens with one attached hydrogen (secondary N) is 1. The van der Waals surface area contributed by atoms with Gasteiger partial charge < -0.3 is 10.2 Å². The standard InChI is InChI=1S/C13H17FN2O.ClH/c1-9-5-11(7-12(14)6-9)13(17)16-4-3-15-10(2)8-16;/h5-7,10,15H,3-4,8H2,1-2H3;1H. The molecule has 18 heavy (non-hydrogen) atoms. The minimum atomic E-state index is -0.350. The van der Waals surface area contributed by atoms with E-state index in [1.165, 1.54) is 12.1 Å². The fraction of sp³-hybridized carbons (Fsp3) is 0.462. The molecule has 0 spiro atoms. The van der Waals surface area contributed by atoms with Gasteiger partial charge in [-0.05, 0) is 37.6 Å². The van der Waals surface area contributed by atoms with E-state index in [9.17, 15) is 9.18 Å². The molecule has 0 saturated carbocycles. The molecular formula is C13H18ClFN2O. The summed E-state index contributed by atoms with van der Waals surface area (Å²) >= 11 is 0. The van der Waals surface area contributed by atoms with E-state index in [0.29, 0.717) is 24.7 Å². The molecule has 3 nitrogen and oxygen atoms in total. The minimum absolute atomic E-state index is 0. The van der Waals surface area contributed by atoms with Gasteiger partial charge in [-0.15, -0.1) is 12.4 Å². The van der Waals surface area contributed by atoms with Crippen LogP contribution in [0.1, 0.15) is 22.8 Å². The lowest BCUT2D eigenvalue weighted by molar-refractivity contribution is 0.0708. The van der Waals surface area contributed by atoms with Gasteiger partial charge in [-0.25, -0.2) is 4.39 Å². The van der Waals surface area contributed by atoms with Crippen LogP contribution >= 0.6 is 12.4 Å². The molecule has 1 saturated heterocycles. The largest absolute Gasteiger partial charge is 0.336 e. The third-order valence-electron chi connectivity index (χ3n) is 2.95. The summed E-state index contributed by atoms with van der Waals surface area (Å²) in [5.74, 6) is -0.433. The van der Waals surface area contributed by atoms with E-state index < -0.39 is 0 Å². The predicted octanol–water partition coefficient (Wildman–Crippen LogP) is 1.99. The second-order valence-corrected chi connectivity index (χ2v) is 4.62. The van der Waals surface area contributed by atoms with Gasteiger partial charge in [0.1, 0.15) is 5.82 Å². The van der Waals surface area contributed by atoms with Crippen molar-refractivity contribution in [1.82, 2.24) is 10.2 Å². The fourth-order valence-electron chi connectivity index (χ4n) is 2.16. The average Bonchev–Trinajstić information content (AvgIpc) is 2.26. The van der Waals surface area contributed by atoms with Crippen molar-refractivity contribution in [2.75, 3.05) is 19.6 Å². The third kappa shape index (κ3) is 3.43. The van der Waals surface area contributed by atoms with E-state index in [0.717, 1.165) is 12.1 Å². The molecule has 1 unspecified atom stereocenters. The Bertz CT molecular complexity index is 419. The number of aryl methyl sites for hydroxylation is 1. The van der Waals surface area contributed by atoms with E-state index in [-0.39, 0.29) is 24.1 Å². The molecule has 1 heterocycles. The zero-order chi connectivity index (χ0) is 12.4. The maximum atomic E-state index is 13.2. The topological polar surface area (TPSA) is 32.3 Å². The number of nitrogens with zero attached hydrogens (tertiary/aromatic N) is 1. The van der Waals surface area contributed by atoms with Gasteiger partial charge in [-0.1, -0.05) is 0 Å².